The largest absolute Gasteiger partial charge is 0.481 e. The number of hydrogen-bond donors (Lipinski definition) is 2. The number of piperidine rings is 1. The molecule has 0 aromatic rings. The fourth-order valence-corrected chi connectivity index (χ4v) is 2.59. The number of ether oxygens (including phenoxy) is 1. The molecule has 6 heteroatoms. The van der Waals surface area contributed by atoms with Crippen LogP contribution < -0.4 is 5.32 Å². The first-order valence-electron chi connectivity index (χ1n) is 7.13. The van der Waals surface area contributed by atoms with E-state index in [0.717, 1.165) is 39.3 Å². The summed E-state index contributed by atoms with van der Waals surface area (Å²) in [7, 11) is 0. The van der Waals surface area contributed by atoms with Crippen molar-refractivity contribution in [3.63, 3.8) is 0 Å². The Morgan fingerprint density at radius 3 is 2.45 bits per heavy atom. The Bertz CT molecular complexity index is 348. The molecule has 2 rings (SSSR count). The predicted octanol–water partition coefficient (Wildman–Crippen LogP) is 1.84. The number of amides is 1. The molecule has 0 spiro atoms. The number of hydrogen-bond acceptors (Lipinski definition) is 4. The van der Waals surface area contributed by atoms with Gasteiger partial charge in [-0.05, 0) is 46.6 Å². The summed E-state index contributed by atoms with van der Waals surface area (Å²) in [4.78, 5) is 22.9. The number of nitrogens with one attached hydrogen (secondary N) is 1. The SMILES string of the molecule is CC(=O)O.CC(C)(C)OC(=O)N1CCC2NCCCC21. The maximum absolute atomic E-state index is 12.0. The first-order valence-corrected chi connectivity index (χ1v) is 7.13. The first-order chi connectivity index (χ1) is 9.20. The van der Waals surface area contributed by atoms with E-state index in [1.165, 1.54) is 0 Å². The van der Waals surface area contributed by atoms with Gasteiger partial charge in [-0.2, -0.15) is 0 Å². The smallest absolute Gasteiger partial charge is 0.410 e. The second-order valence-corrected chi connectivity index (χ2v) is 6.25. The van der Waals surface area contributed by atoms with Crippen molar-refractivity contribution in [3.05, 3.63) is 0 Å². The first kappa shape index (κ1) is 16.8. The molecular formula is C14H26N2O4. The zero-order chi connectivity index (χ0) is 15.3. The van der Waals surface area contributed by atoms with Crippen LogP contribution in [0.1, 0.15) is 47.0 Å². The highest BCUT2D eigenvalue weighted by Gasteiger charge is 2.39. The van der Waals surface area contributed by atoms with Crippen LogP contribution in [0.25, 0.3) is 0 Å². The van der Waals surface area contributed by atoms with E-state index in [2.05, 4.69) is 5.32 Å². The third-order valence-corrected chi connectivity index (χ3v) is 3.26. The van der Waals surface area contributed by atoms with Crippen LogP contribution in [0.4, 0.5) is 4.79 Å². The fraction of sp³-hybridized carbons (Fsp3) is 0.857. The topological polar surface area (TPSA) is 78.9 Å². The number of rotatable bonds is 0. The highest BCUT2D eigenvalue weighted by atomic mass is 16.6. The van der Waals surface area contributed by atoms with Gasteiger partial charge in [-0.15, -0.1) is 0 Å². The molecule has 2 atom stereocenters. The van der Waals surface area contributed by atoms with Crippen LogP contribution >= 0.6 is 0 Å². The maximum Gasteiger partial charge on any atom is 0.410 e. The Morgan fingerprint density at radius 1 is 1.30 bits per heavy atom. The van der Waals surface area contributed by atoms with Crippen molar-refractivity contribution in [1.29, 1.82) is 0 Å². The molecule has 2 unspecified atom stereocenters. The van der Waals surface area contributed by atoms with Gasteiger partial charge in [0.05, 0.1) is 6.04 Å². The summed E-state index contributed by atoms with van der Waals surface area (Å²) in [6.45, 7) is 8.74. The number of aliphatic carboxylic acids is 1. The molecule has 20 heavy (non-hydrogen) atoms. The molecule has 0 bridgehead atoms. The van der Waals surface area contributed by atoms with Crippen molar-refractivity contribution in [2.75, 3.05) is 13.1 Å². The molecule has 0 aliphatic carbocycles. The Hall–Kier alpha value is -1.30. The molecule has 6 nitrogen and oxygen atoms in total. The second-order valence-electron chi connectivity index (χ2n) is 6.25. The van der Waals surface area contributed by atoms with Crippen LogP contribution in [0.3, 0.4) is 0 Å². The Labute approximate surface area is 120 Å². The van der Waals surface area contributed by atoms with Gasteiger partial charge in [0, 0.05) is 19.5 Å². The van der Waals surface area contributed by atoms with Gasteiger partial charge in [0.2, 0.25) is 0 Å². The quantitative estimate of drug-likeness (QED) is 0.710. The summed E-state index contributed by atoms with van der Waals surface area (Å²) < 4.78 is 5.43. The van der Waals surface area contributed by atoms with Crippen LogP contribution in [0, 0.1) is 0 Å². The van der Waals surface area contributed by atoms with Crippen LogP contribution in [-0.4, -0.2) is 52.8 Å². The van der Waals surface area contributed by atoms with Crippen molar-refractivity contribution in [1.82, 2.24) is 10.2 Å². The van der Waals surface area contributed by atoms with Gasteiger partial charge >= 0.3 is 6.09 Å². The number of carboxylic acid groups (broad SMARTS) is 1. The highest BCUT2D eigenvalue weighted by molar-refractivity contribution is 5.69. The minimum atomic E-state index is -0.833. The van der Waals surface area contributed by atoms with Gasteiger partial charge < -0.3 is 20.1 Å². The average Bonchev–Trinajstić information content (AvgIpc) is 2.69. The van der Waals surface area contributed by atoms with Crippen molar-refractivity contribution < 1.29 is 19.4 Å². The molecule has 0 aromatic heterocycles. The summed E-state index contributed by atoms with van der Waals surface area (Å²) in [6.07, 6.45) is 3.17. The molecule has 2 fully saturated rings. The molecule has 1 amide bonds. The number of carboxylic acids is 1. The van der Waals surface area contributed by atoms with E-state index in [4.69, 9.17) is 14.6 Å². The molecule has 0 aromatic carbocycles. The standard InChI is InChI=1S/C12H22N2O2.C2H4O2/c1-12(2,3)16-11(15)14-8-6-9-10(14)5-4-7-13-9;1-2(3)4/h9-10,13H,4-8H2,1-3H3;1H3,(H,3,4). The maximum atomic E-state index is 12.0. The lowest BCUT2D eigenvalue weighted by Gasteiger charge is -2.33. The van der Waals surface area contributed by atoms with E-state index in [1.807, 2.05) is 25.7 Å². The predicted molar refractivity (Wildman–Crippen MR) is 75.7 cm³/mol. The Balaban J connectivity index is 0.000000444. The summed E-state index contributed by atoms with van der Waals surface area (Å²) in [6, 6.07) is 0.838. The number of likely N-dealkylation sites (tertiary alicyclic amines) is 1. The lowest BCUT2D eigenvalue weighted by molar-refractivity contribution is -0.134. The summed E-state index contributed by atoms with van der Waals surface area (Å²) in [5, 5.41) is 10.9. The van der Waals surface area contributed by atoms with E-state index < -0.39 is 11.6 Å². The molecule has 2 saturated heterocycles. The number of nitrogens with zero attached hydrogens (tertiary/aromatic N) is 1. The lowest BCUT2D eigenvalue weighted by atomic mass is 10.00. The number of fused-ring (bicyclic) bond motifs is 1. The minimum absolute atomic E-state index is 0.149. The third kappa shape index (κ3) is 5.36. The van der Waals surface area contributed by atoms with Crippen molar-refractivity contribution in [2.24, 2.45) is 0 Å². The molecule has 0 saturated carbocycles. The van der Waals surface area contributed by atoms with Crippen LogP contribution in [0.5, 0.6) is 0 Å². The molecular weight excluding hydrogens is 260 g/mol. The highest BCUT2D eigenvalue weighted by Crippen LogP contribution is 2.26. The molecule has 2 aliphatic heterocycles. The summed E-state index contributed by atoms with van der Waals surface area (Å²) in [5.41, 5.74) is -0.392. The second kappa shape index (κ2) is 6.92. The molecule has 0 radical (unpaired) electrons. The van der Waals surface area contributed by atoms with Gasteiger partial charge in [0.15, 0.2) is 0 Å². The van der Waals surface area contributed by atoms with E-state index in [0.29, 0.717) is 12.1 Å². The minimum Gasteiger partial charge on any atom is -0.481 e. The van der Waals surface area contributed by atoms with Gasteiger partial charge in [-0.25, -0.2) is 4.79 Å². The zero-order valence-corrected chi connectivity index (χ0v) is 12.8. The zero-order valence-electron chi connectivity index (χ0n) is 12.8. The normalized spacial score (nSPS) is 25.3. The van der Waals surface area contributed by atoms with Gasteiger partial charge in [-0.3, -0.25) is 4.79 Å². The number of carbonyl (C=O) groups excluding carboxylic acids is 1. The average molecular weight is 286 g/mol. The van der Waals surface area contributed by atoms with Crippen molar-refractivity contribution in [2.45, 2.75) is 64.6 Å². The Kier molecular flexibility index (Phi) is 5.80. The third-order valence-electron chi connectivity index (χ3n) is 3.26. The Morgan fingerprint density at radius 2 is 1.90 bits per heavy atom. The summed E-state index contributed by atoms with van der Waals surface area (Å²) in [5.74, 6) is -0.833. The molecule has 116 valence electrons. The van der Waals surface area contributed by atoms with E-state index >= 15 is 0 Å². The fourth-order valence-electron chi connectivity index (χ4n) is 2.59. The molecule has 2 aliphatic rings. The van der Waals surface area contributed by atoms with Crippen LogP contribution in [0.2, 0.25) is 0 Å². The van der Waals surface area contributed by atoms with Crippen LogP contribution in [-0.2, 0) is 9.53 Å². The molecule has 2 heterocycles. The summed E-state index contributed by atoms with van der Waals surface area (Å²) >= 11 is 0. The van der Waals surface area contributed by atoms with Gasteiger partial charge in [-0.1, -0.05) is 0 Å². The van der Waals surface area contributed by atoms with Crippen molar-refractivity contribution in [3.8, 4) is 0 Å². The van der Waals surface area contributed by atoms with E-state index in [9.17, 15) is 4.79 Å². The van der Waals surface area contributed by atoms with Crippen molar-refractivity contribution >= 4 is 12.1 Å². The van der Waals surface area contributed by atoms with Gasteiger partial charge in [0.1, 0.15) is 5.60 Å². The molecule has 2 N–H and O–H groups in total. The van der Waals surface area contributed by atoms with E-state index in [1.54, 1.807) is 0 Å². The monoisotopic (exact) mass is 286 g/mol. The van der Waals surface area contributed by atoms with Gasteiger partial charge in [0.25, 0.3) is 5.97 Å². The van der Waals surface area contributed by atoms with Crippen LogP contribution in [0.15, 0.2) is 0 Å². The lowest BCUT2D eigenvalue weighted by Crippen LogP contribution is -2.49. The van der Waals surface area contributed by atoms with E-state index in [-0.39, 0.29) is 6.09 Å². The number of carbonyl (C=O) groups is 2.